The van der Waals surface area contributed by atoms with Gasteiger partial charge in [0.1, 0.15) is 5.76 Å². The maximum absolute atomic E-state index is 12.0. The van der Waals surface area contributed by atoms with Gasteiger partial charge in [0.15, 0.2) is 9.84 Å². The third kappa shape index (κ3) is 3.30. The summed E-state index contributed by atoms with van der Waals surface area (Å²) in [5, 5.41) is 3.34. The zero-order chi connectivity index (χ0) is 15.0. The number of rotatable bonds is 4. The molecule has 3 heterocycles. The summed E-state index contributed by atoms with van der Waals surface area (Å²) in [6, 6.07) is 0.0651. The number of aromatic nitrogens is 1. The van der Waals surface area contributed by atoms with E-state index in [0.717, 1.165) is 24.5 Å². The molecule has 0 aromatic carbocycles. The van der Waals surface area contributed by atoms with E-state index in [0.29, 0.717) is 12.4 Å². The predicted octanol–water partition coefficient (Wildman–Crippen LogP) is 0.642. The molecular weight excluding hydrogens is 290 g/mol. The summed E-state index contributed by atoms with van der Waals surface area (Å²) in [7, 11) is -2.94. The monoisotopic (exact) mass is 313 g/mol. The molecule has 0 unspecified atom stereocenters. The van der Waals surface area contributed by atoms with Gasteiger partial charge in [0.05, 0.1) is 23.7 Å². The van der Waals surface area contributed by atoms with Gasteiger partial charge in [-0.3, -0.25) is 4.90 Å². The van der Waals surface area contributed by atoms with Crippen molar-refractivity contribution in [3.05, 3.63) is 17.3 Å². The standard InChI is InChI=1S/C14H23N3O3S/c1-10-11(2)20-14(16-10)7-15-12-8-21(18,19)9-13(12)17-5-3-4-6-17/h12-13,15H,3-9H2,1-2H3/t12-,13-/m0/s1. The van der Waals surface area contributed by atoms with Crippen molar-refractivity contribution in [3.63, 3.8) is 0 Å². The molecule has 0 saturated carbocycles. The van der Waals surface area contributed by atoms with Gasteiger partial charge in [-0.15, -0.1) is 0 Å². The quantitative estimate of drug-likeness (QED) is 0.879. The van der Waals surface area contributed by atoms with Crippen molar-refractivity contribution in [2.75, 3.05) is 24.6 Å². The Labute approximate surface area is 125 Å². The molecule has 0 aliphatic carbocycles. The van der Waals surface area contributed by atoms with E-state index >= 15 is 0 Å². The number of nitrogens with one attached hydrogen (secondary N) is 1. The smallest absolute Gasteiger partial charge is 0.208 e. The lowest BCUT2D eigenvalue weighted by Crippen LogP contribution is -2.48. The van der Waals surface area contributed by atoms with Crippen LogP contribution < -0.4 is 5.32 Å². The lowest BCUT2D eigenvalue weighted by atomic mass is 10.1. The van der Waals surface area contributed by atoms with Gasteiger partial charge in [0.2, 0.25) is 5.89 Å². The van der Waals surface area contributed by atoms with Crippen LogP contribution in [0.25, 0.3) is 0 Å². The minimum absolute atomic E-state index is 0.0272. The van der Waals surface area contributed by atoms with Gasteiger partial charge in [0.25, 0.3) is 0 Å². The van der Waals surface area contributed by atoms with E-state index in [4.69, 9.17) is 4.42 Å². The van der Waals surface area contributed by atoms with E-state index in [1.54, 1.807) is 0 Å². The Morgan fingerprint density at radius 2 is 2.00 bits per heavy atom. The summed E-state index contributed by atoms with van der Waals surface area (Å²) in [5.41, 5.74) is 0.891. The van der Waals surface area contributed by atoms with E-state index in [1.165, 1.54) is 12.8 Å². The highest BCUT2D eigenvalue weighted by Crippen LogP contribution is 2.23. The molecule has 1 aromatic rings. The normalized spacial score (nSPS) is 29.2. The first-order valence-electron chi connectivity index (χ1n) is 7.55. The second-order valence-electron chi connectivity index (χ2n) is 6.12. The zero-order valence-electron chi connectivity index (χ0n) is 12.6. The van der Waals surface area contributed by atoms with E-state index in [9.17, 15) is 8.42 Å². The molecule has 0 bridgehead atoms. The first-order valence-corrected chi connectivity index (χ1v) is 9.37. The average Bonchev–Trinajstić information content (AvgIpc) is 3.08. The lowest BCUT2D eigenvalue weighted by molar-refractivity contribution is 0.223. The fourth-order valence-corrected chi connectivity index (χ4v) is 5.28. The van der Waals surface area contributed by atoms with Gasteiger partial charge in [-0.25, -0.2) is 13.4 Å². The van der Waals surface area contributed by atoms with Crippen molar-refractivity contribution in [2.24, 2.45) is 0 Å². The Kier molecular flexibility index (Phi) is 4.07. The highest BCUT2D eigenvalue weighted by molar-refractivity contribution is 7.91. The fourth-order valence-electron chi connectivity index (χ4n) is 3.29. The number of sulfone groups is 1. The van der Waals surface area contributed by atoms with Gasteiger partial charge >= 0.3 is 0 Å². The molecular formula is C14H23N3O3S. The van der Waals surface area contributed by atoms with E-state index in [1.807, 2.05) is 13.8 Å². The van der Waals surface area contributed by atoms with Crippen LogP contribution in [0, 0.1) is 13.8 Å². The predicted molar refractivity (Wildman–Crippen MR) is 79.9 cm³/mol. The molecule has 6 nitrogen and oxygen atoms in total. The van der Waals surface area contributed by atoms with E-state index < -0.39 is 9.84 Å². The summed E-state index contributed by atoms with van der Waals surface area (Å²) < 4.78 is 29.5. The SMILES string of the molecule is Cc1nc(CN[C@H]2CS(=O)(=O)C[C@@H]2N2CCCC2)oc1C. The Bertz CT molecular complexity index is 585. The van der Waals surface area contributed by atoms with Crippen LogP contribution in [0.2, 0.25) is 0 Å². The molecule has 21 heavy (non-hydrogen) atoms. The Morgan fingerprint density at radius 3 is 2.62 bits per heavy atom. The Balaban J connectivity index is 1.67. The van der Waals surface area contributed by atoms with Gasteiger partial charge < -0.3 is 9.73 Å². The second-order valence-corrected chi connectivity index (χ2v) is 8.28. The van der Waals surface area contributed by atoms with Crippen LogP contribution in [0.5, 0.6) is 0 Å². The topological polar surface area (TPSA) is 75.4 Å². The number of hydrogen-bond donors (Lipinski definition) is 1. The third-order valence-corrected chi connectivity index (χ3v) is 6.24. The molecule has 2 aliphatic heterocycles. The molecule has 1 aromatic heterocycles. The second kappa shape index (κ2) is 5.70. The van der Waals surface area contributed by atoms with Crippen LogP contribution in [0.4, 0.5) is 0 Å². The number of nitrogens with zero attached hydrogens (tertiary/aromatic N) is 2. The summed E-state index contributed by atoms with van der Waals surface area (Å²) >= 11 is 0. The number of aryl methyl sites for hydroxylation is 2. The molecule has 2 fully saturated rings. The molecule has 3 rings (SSSR count). The first-order chi connectivity index (χ1) is 9.94. The molecule has 7 heteroatoms. The lowest BCUT2D eigenvalue weighted by Gasteiger charge is -2.28. The molecule has 0 amide bonds. The molecule has 0 radical (unpaired) electrons. The van der Waals surface area contributed by atoms with Crippen LogP contribution in [-0.2, 0) is 16.4 Å². The van der Waals surface area contributed by atoms with Gasteiger partial charge in [0, 0.05) is 12.1 Å². The van der Waals surface area contributed by atoms with Crippen molar-refractivity contribution < 1.29 is 12.8 Å². The minimum Gasteiger partial charge on any atom is -0.444 e. The van der Waals surface area contributed by atoms with Crippen LogP contribution in [0.1, 0.15) is 30.2 Å². The summed E-state index contributed by atoms with van der Waals surface area (Å²) in [6.45, 7) is 6.30. The maximum atomic E-state index is 12.0. The number of hydrogen-bond acceptors (Lipinski definition) is 6. The van der Waals surface area contributed by atoms with Crippen LogP contribution in [-0.4, -0.2) is 55.0 Å². The fraction of sp³-hybridized carbons (Fsp3) is 0.786. The third-order valence-electron chi connectivity index (χ3n) is 4.52. The molecule has 2 saturated heterocycles. The minimum atomic E-state index is -2.94. The van der Waals surface area contributed by atoms with Crippen molar-refractivity contribution in [2.45, 2.75) is 45.3 Å². The molecule has 2 atom stereocenters. The van der Waals surface area contributed by atoms with Gasteiger partial charge in [-0.2, -0.15) is 0 Å². The van der Waals surface area contributed by atoms with E-state index in [-0.39, 0.29) is 23.6 Å². The Hall–Kier alpha value is -0.920. The van der Waals surface area contributed by atoms with Crippen LogP contribution >= 0.6 is 0 Å². The van der Waals surface area contributed by atoms with Crippen LogP contribution in [0.3, 0.4) is 0 Å². The van der Waals surface area contributed by atoms with E-state index in [2.05, 4.69) is 15.2 Å². The molecule has 2 aliphatic rings. The van der Waals surface area contributed by atoms with Gasteiger partial charge in [-0.1, -0.05) is 0 Å². The van der Waals surface area contributed by atoms with Crippen LogP contribution in [0.15, 0.2) is 4.42 Å². The first kappa shape index (κ1) is 15.0. The van der Waals surface area contributed by atoms with Crippen molar-refractivity contribution in [3.8, 4) is 0 Å². The van der Waals surface area contributed by atoms with Crippen molar-refractivity contribution >= 4 is 9.84 Å². The highest BCUT2D eigenvalue weighted by atomic mass is 32.2. The molecule has 118 valence electrons. The average molecular weight is 313 g/mol. The van der Waals surface area contributed by atoms with Crippen molar-refractivity contribution in [1.29, 1.82) is 0 Å². The van der Waals surface area contributed by atoms with Gasteiger partial charge in [-0.05, 0) is 39.8 Å². The summed E-state index contributed by atoms with van der Waals surface area (Å²) in [6.07, 6.45) is 2.34. The largest absolute Gasteiger partial charge is 0.444 e. The zero-order valence-corrected chi connectivity index (χ0v) is 13.4. The summed E-state index contributed by atoms with van der Waals surface area (Å²) in [5.74, 6) is 1.94. The number of oxazole rings is 1. The highest BCUT2D eigenvalue weighted by Gasteiger charge is 2.41. The van der Waals surface area contributed by atoms with Crippen molar-refractivity contribution in [1.82, 2.24) is 15.2 Å². The summed E-state index contributed by atoms with van der Waals surface area (Å²) in [4.78, 5) is 6.65. The molecule has 0 spiro atoms. The molecule has 1 N–H and O–H groups in total. The maximum Gasteiger partial charge on any atom is 0.208 e. The Morgan fingerprint density at radius 1 is 1.29 bits per heavy atom. The number of likely N-dealkylation sites (tertiary alicyclic amines) is 1.